The zero-order valence-electron chi connectivity index (χ0n) is 17.0. The van der Waals surface area contributed by atoms with E-state index in [1.807, 2.05) is 42.5 Å². The van der Waals surface area contributed by atoms with Gasteiger partial charge in [-0.1, -0.05) is 41.9 Å². The Morgan fingerprint density at radius 2 is 1.61 bits per heavy atom. The van der Waals surface area contributed by atoms with E-state index in [4.69, 9.17) is 16.3 Å². The van der Waals surface area contributed by atoms with Gasteiger partial charge < -0.3 is 9.84 Å². The van der Waals surface area contributed by atoms with E-state index < -0.39 is 16.1 Å². The zero-order valence-corrected chi connectivity index (χ0v) is 18.6. The van der Waals surface area contributed by atoms with E-state index in [0.717, 1.165) is 16.5 Å². The molecule has 1 saturated heterocycles. The maximum absolute atomic E-state index is 12.8. The monoisotopic (exact) mass is 460 g/mol. The molecule has 0 aliphatic carbocycles. The van der Waals surface area contributed by atoms with Crippen LogP contribution < -0.4 is 4.74 Å². The van der Waals surface area contributed by atoms with Crippen LogP contribution in [0.25, 0.3) is 10.8 Å². The summed E-state index contributed by atoms with van der Waals surface area (Å²) in [6.07, 6.45) is -0.661. The van der Waals surface area contributed by atoms with E-state index in [2.05, 4.69) is 4.90 Å². The number of benzene rings is 3. The molecule has 1 N–H and O–H groups in total. The standard InChI is InChI=1S/C23H25ClN2O4S/c24-20-6-9-23(10-7-20)31(28,29)26-13-11-25(12-14-26)16-21(27)17-30-22-8-5-18-3-1-2-4-19(18)15-22/h1-10,15,21,27H,11-14,16-17H2/t21-/m1/s1. The number of halogens is 1. The predicted molar refractivity (Wildman–Crippen MR) is 122 cm³/mol. The number of piperazine rings is 1. The van der Waals surface area contributed by atoms with Gasteiger partial charge in [-0.15, -0.1) is 0 Å². The van der Waals surface area contributed by atoms with Gasteiger partial charge in [0.25, 0.3) is 0 Å². The van der Waals surface area contributed by atoms with Gasteiger partial charge in [0.05, 0.1) is 4.90 Å². The van der Waals surface area contributed by atoms with Crippen molar-refractivity contribution < 1.29 is 18.3 Å². The molecular formula is C23H25ClN2O4S. The Morgan fingerprint density at radius 3 is 2.32 bits per heavy atom. The number of rotatable bonds is 7. The molecule has 1 atom stereocenters. The number of fused-ring (bicyclic) bond motifs is 1. The van der Waals surface area contributed by atoms with Gasteiger partial charge in [-0.3, -0.25) is 4.90 Å². The van der Waals surface area contributed by atoms with Gasteiger partial charge in [0.1, 0.15) is 18.5 Å². The highest BCUT2D eigenvalue weighted by atomic mass is 35.5. The van der Waals surface area contributed by atoms with Crippen molar-refractivity contribution in [2.45, 2.75) is 11.0 Å². The summed E-state index contributed by atoms with van der Waals surface area (Å²) in [5, 5.41) is 13.1. The van der Waals surface area contributed by atoms with E-state index >= 15 is 0 Å². The molecule has 0 amide bonds. The number of nitrogens with zero attached hydrogens (tertiary/aromatic N) is 2. The maximum Gasteiger partial charge on any atom is 0.243 e. The highest BCUT2D eigenvalue weighted by Crippen LogP contribution is 2.22. The van der Waals surface area contributed by atoms with Gasteiger partial charge in [-0.25, -0.2) is 8.42 Å². The average molecular weight is 461 g/mol. The second-order valence-corrected chi connectivity index (χ2v) is 10.0. The number of aliphatic hydroxyl groups excluding tert-OH is 1. The molecule has 1 aliphatic heterocycles. The minimum atomic E-state index is -3.53. The lowest BCUT2D eigenvalue weighted by Crippen LogP contribution is -2.50. The molecule has 3 aromatic carbocycles. The van der Waals surface area contributed by atoms with Crippen molar-refractivity contribution in [3.63, 3.8) is 0 Å². The lowest BCUT2D eigenvalue weighted by atomic mass is 10.1. The highest BCUT2D eigenvalue weighted by molar-refractivity contribution is 7.89. The average Bonchev–Trinajstić information content (AvgIpc) is 2.78. The molecule has 3 aromatic rings. The van der Waals surface area contributed by atoms with E-state index in [-0.39, 0.29) is 11.5 Å². The Bertz CT molecular complexity index is 1130. The topological polar surface area (TPSA) is 70.1 Å². The number of sulfonamides is 1. The lowest BCUT2D eigenvalue weighted by Gasteiger charge is -2.34. The molecule has 6 nitrogen and oxygen atoms in total. The minimum Gasteiger partial charge on any atom is -0.491 e. The molecule has 0 unspecified atom stereocenters. The molecule has 0 saturated carbocycles. The third kappa shape index (κ3) is 5.37. The van der Waals surface area contributed by atoms with Crippen LogP contribution in [0.1, 0.15) is 0 Å². The van der Waals surface area contributed by atoms with Crippen LogP contribution in [0.4, 0.5) is 0 Å². The Balaban J connectivity index is 1.26. The van der Waals surface area contributed by atoms with Gasteiger partial charge in [0.15, 0.2) is 0 Å². The summed E-state index contributed by atoms with van der Waals surface area (Å²) in [7, 11) is -3.53. The molecule has 0 aromatic heterocycles. The SMILES string of the molecule is O=S(=O)(c1ccc(Cl)cc1)N1CCN(C[C@@H](O)COc2ccc3ccccc3c2)CC1. The first-order valence-electron chi connectivity index (χ1n) is 10.2. The summed E-state index contributed by atoms with van der Waals surface area (Å²) in [6.45, 7) is 2.48. The highest BCUT2D eigenvalue weighted by Gasteiger charge is 2.29. The second-order valence-electron chi connectivity index (χ2n) is 7.63. The van der Waals surface area contributed by atoms with Crippen LogP contribution in [0.3, 0.4) is 0 Å². The number of aliphatic hydroxyl groups is 1. The smallest absolute Gasteiger partial charge is 0.243 e. The number of β-amino-alcohol motifs (C(OH)–C–C–N with tert-alkyl or cyclic N) is 1. The summed E-state index contributed by atoms with van der Waals surface area (Å²) >= 11 is 5.86. The summed E-state index contributed by atoms with van der Waals surface area (Å²) in [5.41, 5.74) is 0. The van der Waals surface area contributed by atoms with Gasteiger partial charge in [-0.2, -0.15) is 4.31 Å². The van der Waals surface area contributed by atoms with Crippen LogP contribution in [0.5, 0.6) is 5.75 Å². The first-order valence-corrected chi connectivity index (χ1v) is 12.0. The van der Waals surface area contributed by atoms with Crippen molar-refractivity contribution in [2.75, 3.05) is 39.3 Å². The van der Waals surface area contributed by atoms with Crippen molar-refractivity contribution >= 4 is 32.4 Å². The normalized spacial score (nSPS) is 17.0. The molecule has 0 radical (unpaired) electrons. The molecular weight excluding hydrogens is 436 g/mol. The lowest BCUT2D eigenvalue weighted by molar-refractivity contribution is 0.0569. The fourth-order valence-corrected chi connectivity index (χ4v) is 5.26. The number of ether oxygens (including phenoxy) is 1. The Hall–Kier alpha value is -2.16. The molecule has 31 heavy (non-hydrogen) atoms. The first kappa shape index (κ1) is 22.0. The van der Waals surface area contributed by atoms with Crippen molar-refractivity contribution in [1.82, 2.24) is 9.21 Å². The molecule has 1 fully saturated rings. The first-order chi connectivity index (χ1) is 14.9. The van der Waals surface area contributed by atoms with E-state index in [1.165, 1.54) is 16.4 Å². The summed E-state index contributed by atoms with van der Waals surface area (Å²) in [5.74, 6) is 0.719. The fraction of sp³-hybridized carbons (Fsp3) is 0.304. The summed E-state index contributed by atoms with van der Waals surface area (Å²) in [4.78, 5) is 2.30. The molecule has 1 heterocycles. The van der Waals surface area contributed by atoms with Crippen LogP contribution in [0.15, 0.2) is 71.6 Å². The summed E-state index contributed by atoms with van der Waals surface area (Å²) in [6, 6.07) is 20.1. The Morgan fingerprint density at radius 1 is 0.935 bits per heavy atom. The molecule has 1 aliphatic rings. The van der Waals surface area contributed by atoms with Crippen molar-refractivity contribution in [3.8, 4) is 5.75 Å². The predicted octanol–water partition coefficient (Wildman–Crippen LogP) is 3.24. The Kier molecular flexibility index (Phi) is 6.79. The van der Waals surface area contributed by atoms with Crippen molar-refractivity contribution in [1.29, 1.82) is 0 Å². The van der Waals surface area contributed by atoms with Gasteiger partial charge in [0.2, 0.25) is 10.0 Å². The minimum absolute atomic E-state index is 0.182. The number of hydrogen-bond acceptors (Lipinski definition) is 5. The Labute approximate surface area is 187 Å². The van der Waals surface area contributed by atoms with Crippen molar-refractivity contribution in [2.24, 2.45) is 0 Å². The van der Waals surface area contributed by atoms with Crippen LogP contribution in [-0.2, 0) is 10.0 Å². The largest absolute Gasteiger partial charge is 0.491 e. The molecule has 8 heteroatoms. The van der Waals surface area contributed by atoms with Crippen LogP contribution in [-0.4, -0.2) is 68.2 Å². The van der Waals surface area contributed by atoms with E-state index in [0.29, 0.717) is 37.7 Å². The van der Waals surface area contributed by atoms with Crippen LogP contribution >= 0.6 is 11.6 Å². The van der Waals surface area contributed by atoms with Gasteiger partial charge in [0, 0.05) is 37.7 Å². The van der Waals surface area contributed by atoms with E-state index in [1.54, 1.807) is 12.1 Å². The van der Waals surface area contributed by atoms with Gasteiger partial charge in [-0.05, 0) is 47.2 Å². The molecule has 164 valence electrons. The third-order valence-corrected chi connectivity index (χ3v) is 7.58. The fourth-order valence-electron chi connectivity index (χ4n) is 3.71. The van der Waals surface area contributed by atoms with E-state index in [9.17, 15) is 13.5 Å². The number of hydrogen-bond donors (Lipinski definition) is 1. The summed E-state index contributed by atoms with van der Waals surface area (Å²) < 4.78 is 32.8. The second kappa shape index (κ2) is 9.54. The van der Waals surface area contributed by atoms with Crippen LogP contribution in [0, 0.1) is 0 Å². The molecule has 0 spiro atoms. The van der Waals surface area contributed by atoms with Crippen LogP contribution in [0.2, 0.25) is 5.02 Å². The molecule has 0 bridgehead atoms. The zero-order chi connectivity index (χ0) is 21.8. The molecule has 4 rings (SSSR count). The maximum atomic E-state index is 12.8. The van der Waals surface area contributed by atoms with Crippen molar-refractivity contribution in [3.05, 3.63) is 71.8 Å². The van der Waals surface area contributed by atoms with Gasteiger partial charge >= 0.3 is 0 Å². The quantitative estimate of drug-likeness (QED) is 0.586. The third-order valence-electron chi connectivity index (χ3n) is 5.41.